The van der Waals surface area contributed by atoms with Crippen LogP contribution in [0.15, 0.2) is 65.3 Å². The summed E-state index contributed by atoms with van der Waals surface area (Å²) in [5.41, 5.74) is 3.58. The third kappa shape index (κ3) is 5.63. The molecular formula is C23H24Cl2N2O3. The van der Waals surface area contributed by atoms with Crippen LogP contribution in [0.1, 0.15) is 17.5 Å². The number of nitrogens with one attached hydrogen (secondary N) is 2. The lowest BCUT2D eigenvalue weighted by Gasteiger charge is -2.19. The summed E-state index contributed by atoms with van der Waals surface area (Å²) in [6.45, 7) is 1.84. The summed E-state index contributed by atoms with van der Waals surface area (Å²) >= 11 is 12.5. The number of halogens is 2. The highest BCUT2D eigenvalue weighted by atomic mass is 35.5. The first-order valence-corrected chi connectivity index (χ1v) is 10.6. The maximum absolute atomic E-state index is 12.8. The zero-order valence-corrected chi connectivity index (χ0v) is 18.2. The lowest BCUT2D eigenvalue weighted by Crippen LogP contribution is -2.44. The molecule has 30 heavy (non-hydrogen) atoms. The van der Waals surface area contributed by atoms with Crippen molar-refractivity contribution < 1.29 is 14.3 Å². The fraction of sp³-hybridized carbons (Fsp3) is 0.304. The van der Waals surface area contributed by atoms with E-state index < -0.39 is 23.3 Å². The normalized spacial score (nSPS) is 19.7. The second kappa shape index (κ2) is 10.6. The maximum atomic E-state index is 12.8. The van der Waals surface area contributed by atoms with Crippen molar-refractivity contribution in [2.45, 2.75) is 24.3 Å². The second-order valence-electron chi connectivity index (χ2n) is 7.04. The number of rotatable bonds is 6. The molecule has 2 unspecified atom stereocenters. The van der Waals surface area contributed by atoms with Gasteiger partial charge in [0.05, 0.1) is 23.1 Å². The molecule has 5 nitrogen and oxygen atoms in total. The summed E-state index contributed by atoms with van der Waals surface area (Å²) in [4.78, 5) is 25.1. The maximum Gasteiger partial charge on any atom is 0.328 e. The van der Waals surface area contributed by atoms with Crippen molar-refractivity contribution in [2.24, 2.45) is 0 Å². The van der Waals surface area contributed by atoms with Crippen LogP contribution in [-0.2, 0) is 20.7 Å². The number of hydrogen-bond donors (Lipinski definition) is 2. The van der Waals surface area contributed by atoms with Crippen LogP contribution in [-0.4, -0.2) is 43.5 Å². The van der Waals surface area contributed by atoms with Gasteiger partial charge >= 0.3 is 5.97 Å². The van der Waals surface area contributed by atoms with Crippen LogP contribution in [0.25, 0.3) is 5.57 Å². The first kappa shape index (κ1) is 22.3. The molecule has 0 radical (unpaired) electrons. The smallest absolute Gasteiger partial charge is 0.328 e. The lowest BCUT2D eigenvalue weighted by molar-refractivity contribution is -0.144. The lowest BCUT2D eigenvalue weighted by atomic mass is 9.97. The molecule has 0 fully saturated rings. The average Bonchev–Trinajstić information content (AvgIpc) is 2.93. The molecule has 0 spiro atoms. The van der Waals surface area contributed by atoms with Gasteiger partial charge in [0.25, 0.3) is 5.91 Å². The topological polar surface area (TPSA) is 67.4 Å². The van der Waals surface area contributed by atoms with Gasteiger partial charge in [0.15, 0.2) is 0 Å². The first-order valence-electron chi connectivity index (χ1n) is 9.76. The summed E-state index contributed by atoms with van der Waals surface area (Å²) < 4.78 is 4.89. The van der Waals surface area contributed by atoms with E-state index in [2.05, 4.69) is 16.7 Å². The molecule has 0 bridgehead atoms. The number of hydrogen-bond acceptors (Lipinski definition) is 4. The number of methoxy groups -OCH3 is 1. The number of benzene rings is 1. The summed E-state index contributed by atoms with van der Waals surface area (Å²) in [7, 11) is 1.29. The molecule has 7 heteroatoms. The number of alkyl halides is 1. The quantitative estimate of drug-likeness (QED) is 0.518. The van der Waals surface area contributed by atoms with Crippen molar-refractivity contribution >= 4 is 40.7 Å². The van der Waals surface area contributed by atoms with Crippen LogP contribution >= 0.6 is 23.2 Å². The molecule has 158 valence electrons. The molecule has 0 saturated carbocycles. The van der Waals surface area contributed by atoms with E-state index >= 15 is 0 Å². The van der Waals surface area contributed by atoms with Gasteiger partial charge in [-0.3, -0.25) is 4.79 Å². The largest absolute Gasteiger partial charge is 0.467 e. The van der Waals surface area contributed by atoms with Crippen LogP contribution in [0.2, 0.25) is 0 Å². The number of ether oxygens (including phenoxy) is 1. The number of amides is 1. The average molecular weight is 447 g/mol. The van der Waals surface area contributed by atoms with Crippen molar-refractivity contribution in [1.82, 2.24) is 10.6 Å². The summed E-state index contributed by atoms with van der Waals surface area (Å²) in [6.07, 6.45) is 10.1. The van der Waals surface area contributed by atoms with Gasteiger partial charge in [-0.1, -0.05) is 60.2 Å². The predicted octanol–water partition coefficient (Wildman–Crippen LogP) is 3.49. The number of allylic oxidation sites excluding steroid dienone is 5. The van der Waals surface area contributed by atoms with Crippen molar-refractivity contribution in [3.05, 3.63) is 76.4 Å². The van der Waals surface area contributed by atoms with Gasteiger partial charge in [0.2, 0.25) is 0 Å². The Balaban J connectivity index is 1.74. The van der Waals surface area contributed by atoms with E-state index in [-0.39, 0.29) is 10.6 Å². The van der Waals surface area contributed by atoms with Gasteiger partial charge in [-0.2, -0.15) is 0 Å². The Morgan fingerprint density at radius 1 is 1.27 bits per heavy atom. The van der Waals surface area contributed by atoms with Gasteiger partial charge in [-0.15, -0.1) is 11.6 Å². The highest BCUT2D eigenvalue weighted by Crippen LogP contribution is 2.24. The molecule has 1 heterocycles. The molecule has 2 atom stereocenters. The zero-order valence-electron chi connectivity index (χ0n) is 16.7. The van der Waals surface area contributed by atoms with Crippen LogP contribution in [0.4, 0.5) is 0 Å². The highest BCUT2D eigenvalue weighted by Gasteiger charge is 2.27. The van der Waals surface area contributed by atoms with E-state index in [1.54, 1.807) is 24.3 Å². The Hall–Kier alpha value is -2.34. The molecule has 2 aliphatic rings. The first-order chi connectivity index (χ1) is 14.5. The minimum absolute atomic E-state index is 0.199. The third-order valence-electron chi connectivity index (χ3n) is 5.03. The highest BCUT2D eigenvalue weighted by molar-refractivity contribution is 6.36. The van der Waals surface area contributed by atoms with Crippen LogP contribution in [0, 0.1) is 0 Å². The van der Waals surface area contributed by atoms with Gasteiger partial charge < -0.3 is 15.4 Å². The molecule has 0 saturated heterocycles. The second-order valence-corrected chi connectivity index (χ2v) is 7.92. The molecule has 3 rings (SSSR count). The summed E-state index contributed by atoms with van der Waals surface area (Å²) in [5, 5.41) is 5.57. The molecule has 0 aromatic heterocycles. The van der Waals surface area contributed by atoms with Gasteiger partial charge in [0, 0.05) is 13.0 Å². The van der Waals surface area contributed by atoms with Crippen molar-refractivity contribution in [1.29, 1.82) is 0 Å². The van der Waals surface area contributed by atoms with Crippen molar-refractivity contribution in [2.75, 3.05) is 20.2 Å². The summed E-state index contributed by atoms with van der Waals surface area (Å²) in [6, 6.07) is 7.15. The minimum Gasteiger partial charge on any atom is -0.467 e. The number of carbonyl (C=O) groups is 2. The van der Waals surface area contributed by atoms with Crippen LogP contribution in [0.3, 0.4) is 0 Å². The van der Waals surface area contributed by atoms with Crippen LogP contribution in [0.5, 0.6) is 0 Å². The molecule has 1 aliphatic heterocycles. The van der Waals surface area contributed by atoms with E-state index in [1.807, 2.05) is 24.3 Å². The SMILES string of the molecule is COC(=O)C(Cc1ccc(C2=CCNCC2)cc1)NC(=O)C1=C(Cl)C=CC=CC1Cl. The summed E-state index contributed by atoms with van der Waals surface area (Å²) in [5.74, 6) is -1.03. The van der Waals surface area contributed by atoms with Gasteiger partial charge in [-0.05, 0) is 35.7 Å². The van der Waals surface area contributed by atoms with Crippen molar-refractivity contribution in [3.8, 4) is 0 Å². The van der Waals surface area contributed by atoms with Crippen LogP contribution < -0.4 is 10.6 Å². The standard InChI is InChI=1S/C23H24Cl2N2O3/c1-30-23(29)20(27-22(28)21-18(24)4-2-3-5-19(21)25)14-15-6-8-16(9-7-15)17-10-12-26-13-11-17/h2-10,18,20,26H,11-14H2,1H3,(H,27,28). The Morgan fingerprint density at radius 3 is 2.70 bits per heavy atom. The Kier molecular flexibility index (Phi) is 7.91. The third-order valence-corrected chi connectivity index (χ3v) is 5.72. The van der Waals surface area contributed by atoms with E-state index in [1.165, 1.54) is 12.7 Å². The molecule has 1 aromatic carbocycles. The Labute approximate surface area is 186 Å². The number of esters is 1. The van der Waals surface area contributed by atoms with E-state index in [0.717, 1.165) is 30.6 Å². The molecule has 1 aromatic rings. The zero-order chi connectivity index (χ0) is 21.5. The predicted molar refractivity (Wildman–Crippen MR) is 120 cm³/mol. The molecule has 1 amide bonds. The minimum atomic E-state index is -0.858. The molecular weight excluding hydrogens is 423 g/mol. The fourth-order valence-corrected chi connectivity index (χ4v) is 4.03. The fourth-order valence-electron chi connectivity index (χ4n) is 3.40. The molecule has 1 aliphatic carbocycles. The van der Waals surface area contributed by atoms with Gasteiger partial charge in [-0.25, -0.2) is 4.79 Å². The van der Waals surface area contributed by atoms with E-state index in [0.29, 0.717) is 6.42 Å². The van der Waals surface area contributed by atoms with E-state index in [9.17, 15) is 9.59 Å². The number of carbonyl (C=O) groups excluding carboxylic acids is 2. The Bertz CT molecular complexity index is 917. The monoisotopic (exact) mass is 446 g/mol. The van der Waals surface area contributed by atoms with E-state index in [4.69, 9.17) is 27.9 Å². The van der Waals surface area contributed by atoms with Gasteiger partial charge in [0.1, 0.15) is 6.04 Å². The Morgan fingerprint density at radius 2 is 2.03 bits per heavy atom. The molecule has 2 N–H and O–H groups in total. The van der Waals surface area contributed by atoms with Crippen molar-refractivity contribution in [3.63, 3.8) is 0 Å².